The van der Waals surface area contributed by atoms with Gasteiger partial charge in [-0.15, -0.1) is 11.3 Å². The van der Waals surface area contributed by atoms with E-state index in [4.69, 9.17) is 0 Å². The molecule has 1 nitrogen and oxygen atoms in total. The van der Waals surface area contributed by atoms with E-state index in [2.05, 4.69) is 266 Å². The lowest BCUT2D eigenvalue weighted by atomic mass is 9.87. The van der Waals surface area contributed by atoms with E-state index in [1.54, 1.807) is 0 Å². The van der Waals surface area contributed by atoms with Crippen molar-refractivity contribution in [3.05, 3.63) is 261 Å². The molecule has 0 atom stereocenters. The Morgan fingerprint density at radius 1 is 0.265 bits per heavy atom. The number of thiophene rings is 1. The molecule has 0 fully saturated rings. The molecule has 0 saturated heterocycles. The molecule has 0 aliphatic carbocycles. The predicted molar refractivity (Wildman–Crippen MR) is 294 cm³/mol. The summed E-state index contributed by atoms with van der Waals surface area (Å²) >= 11 is 1.88. The van der Waals surface area contributed by atoms with Gasteiger partial charge in [-0.25, -0.2) is 0 Å². The largest absolute Gasteiger partial charge is 0.309 e. The van der Waals surface area contributed by atoms with Crippen LogP contribution in [-0.4, -0.2) is 0 Å². The Hall–Kier alpha value is -8.56. The molecule has 1 heterocycles. The molecule has 0 amide bonds. The first-order valence-corrected chi connectivity index (χ1v) is 24.1. The van der Waals surface area contributed by atoms with E-state index in [0.29, 0.717) is 0 Å². The van der Waals surface area contributed by atoms with Gasteiger partial charge in [-0.1, -0.05) is 224 Å². The Morgan fingerprint density at radius 2 is 0.809 bits per heavy atom. The van der Waals surface area contributed by atoms with Gasteiger partial charge < -0.3 is 4.90 Å². The molecule has 13 rings (SSSR count). The second-order valence-corrected chi connectivity index (χ2v) is 18.6. The van der Waals surface area contributed by atoms with Crippen molar-refractivity contribution in [2.75, 3.05) is 4.90 Å². The normalized spacial score (nSPS) is 11.5. The molecule has 2 heteroatoms. The monoisotopic (exact) mass is 881 g/mol. The number of benzene rings is 12. The average Bonchev–Trinajstić information content (AvgIpc) is 3.81. The van der Waals surface area contributed by atoms with E-state index in [1.165, 1.54) is 103 Å². The fourth-order valence-corrected chi connectivity index (χ4v) is 11.8. The van der Waals surface area contributed by atoms with Gasteiger partial charge in [0.2, 0.25) is 0 Å². The van der Waals surface area contributed by atoms with Crippen LogP contribution in [0.2, 0.25) is 0 Å². The van der Waals surface area contributed by atoms with Crippen LogP contribution in [0.5, 0.6) is 0 Å². The number of rotatable bonds is 8. The number of hydrogen-bond acceptors (Lipinski definition) is 2. The summed E-state index contributed by atoms with van der Waals surface area (Å²) in [6.07, 6.45) is 0. The lowest BCUT2D eigenvalue weighted by molar-refractivity contribution is 1.30. The van der Waals surface area contributed by atoms with Crippen molar-refractivity contribution in [1.29, 1.82) is 0 Å². The highest BCUT2D eigenvalue weighted by molar-refractivity contribution is 7.26. The van der Waals surface area contributed by atoms with E-state index in [-0.39, 0.29) is 0 Å². The van der Waals surface area contributed by atoms with Crippen LogP contribution in [0.15, 0.2) is 261 Å². The Bertz CT molecular complexity index is 4010. The van der Waals surface area contributed by atoms with E-state index in [9.17, 15) is 0 Å². The molecule has 68 heavy (non-hydrogen) atoms. The lowest BCUT2D eigenvalue weighted by Gasteiger charge is -2.31. The fourth-order valence-electron chi connectivity index (χ4n) is 10.5. The second kappa shape index (κ2) is 16.7. The van der Waals surface area contributed by atoms with Crippen molar-refractivity contribution in [2.45, 2.75) is 0 Å². The molecule has 0 N–H and O–H groups in total. The van der Waals surface area contributed by atoms with E-state index < -0.39 is 0 Å². The van der Waals surface area contributed by atoms with Crippen LogP contribution >= 0.6 is 11.3 Å². The van der Waals surface area contributed by atoms with Gasteiger partial charge in [0.15, 0.2) is 0 Å². The van der Waals surface area contributed by atoms with Crippen LogP contribution in [0.1, 0.15) is 0 Å². The molecule has 0 bridgehead atoms. The molecule has 0 spiro atoms. The Kier molecular flexibility index (Phi) is 9.77. The molecule has 318 valence electrons. The molecule has 0 aliphatic rings. The molecular formula is C66H43NS. The zero-order chi connectivity index (χ0) is 45.0. The third kappa shape index (κ3) is 6.77. The Balaban J connectivity index is 1.08. The van der Waals surface area contributed by atoms with Crippen LogP contribution < -0.4 is 4.90 Å². The molecule has 0 unspecified atom stereocenters. The molecule has 1 aromatic heterocycles. The van der Waals surface area contributed by atoms with Gasteiger partial charge in [0.05, 0.1) is 5.69 Å². The first-order valence-electron chi connectivity index (χ1n) is 23.3. The first-order chi connectivity index (χ1) is 33.7. The van der Waals surface area contributed by atoms with Gasteiger partial charge in [-0.2, -0.15) is 0 Å². The Morgan fingerprint density at radius 3 is 1.60 bits per heavy atom. The molecule has 12 aromatic carbocycles. The maximum atomic E-state index is 2.53. The SMILES string of the molecule is c1ccc(-c2ccc(-c3ccccc3)c(-c3ccc(N(c4cccc(-c5cccc6c5sc5ccccc56)c4)c4c(-c5cccc6ccccc56)c5ccccc5c5ccccc45)cc3)c2)cc1. The smallest absolute Gasteiger partial charge is 0.0625 e. The zero-order valence-electron chi connectivity index (χ0n) is 37.2. The third-order valence-corrected chi connectivity index (χ3v) is 14.9. The van der Waals surface area contributed by atoms with Crippen LogP contribution in [0.4, 0.5) is 17.1 Å². The minimum absolute atomic E-state index is 1.08. The van der Waals surface area contributed by atoms with Gasteiger partial charge in [0.1, 0.15) is 0 Å². The van der Waals surface area contributed by atoms with Crippen molar-refractivity contribution in [1.82, 2.24) is 0 Å². The number of anilines is 3. The second-order valence-electron chi connectivity index (χ2n) is 17.5. The molecule has 0 radical (unpaired) electrons. The lowest BCUT2D eigenvalue weighted by Crippen LogP contribution is -2.12. The van der Waals surface area contributed by atoms with Gasteiger partial charge in [-0.3, -0.25) is 0 Å². The summed E-state index contributed by atoms with van der Waals surface area (Å²) in [5.41, 5.74) is 15.3. The quantitative estimate of drug-likeness (QED) is 0.137. The molecular weight excluding hydrogens is 839 g/mol. The molecule has 0 aliphatic heterocycles. The van der Waals surface area contributed by atoms with Gasteiger partial charge in [0.25, 0.3) is 0 Å². The maximum Gasteiger partial charge on any atom is 0.0625 e. The van der Waals surface area contributed by atoms with Gasteiger partial charge in [-0.05, 0) is 113 Å². The zero-order valence-corrected chi connectivity index (χ0v) is 38.0. The minimum Gasteiger partial charge on any atom is -0.309 e. The summed E-state index contributed by atoms with van der Waals surface area (Å²) in [7, 11) is 0. The van der Waals surface area contributed by atoms with Crippen molar-refractivity contribution >= 4 is 80.9 Å². The summed E-state index contributed by atoms with van der Waals surface area (Å²) in [6, 6.07) is 95.9. The van der Waals surface area contributed by atoms with Crippen molar-refractivity contribution in [3.63, 3.8) is 0 Å². The summed E-state index contributed by atoms with van der Waals surface area (Å²) in [4.78, 5) is 2.53. The number of hydrogen-bond donors (Lipinski definition) is 0. The van der Waals surface area contributed by atoms with E-state index in [1.807, 2.05) is 11.3 Å². The maximum absolute atomic E-state index is 2.53. The topological polar surface area (TPSA) is 3.24 Å². The van der Waals surface area contributed by atoms with Crippen LogP contribution in [0.3, 0.4) is 0 Å². The average molecular weight is 882 g/mol. The third-order valence-electron chi connectivity index (χ3n) is 13.7. The van der Waals surface area contributed by atoms with Crippen LogP contribution in [-0.2, 0) is 0 Å². The van der Waals surface area contributed by atoms with Crippen LogP contribution in [0, 0.1) is 0 Å². The highest BCUT2D eigenvalue weighted by Crippen LogP contribution is 2.52. The van der Waals surface area contributed by atoms with Crippen molar-refractivity contribution < 1.29 is 0 Å². The standard InChI is InChI=1S/C66H43NS/c1-3-18-44(19-4-1)48-38-41-53(45-20-5-2-6-21-45)62(43-48)47-36-39-50(40-37-47)67(51-25-15-24-49(42-51)54-32-17-34-61-57-29-13-14-35-63(57)68-66(54)61)65-60-31-12-10-28-56(60)55-27-9-11-30-59(55)64(65)58-33-16-23-46-22-7-8-26-52(46)58/h1-43H. The van der Waals surface area contributed by atoms with Gasteiger partial charge >= 0.3 is 0 Å². The van der Waals surface area contributed by atoms with Crippen LogP contribution in [0.25, 0.3) is 108 Å². The number of fused-ring (bicyclic) bond motifs is 7. The van der Waals surface area contributed by atoms with Crippen molar-refractivity contribution in [3.8, 4) is 55.6 Å². The minimum atomic E-state index is 1.08. The first kappa shape index (κ1) is 39.8. The number of nitrogens with zero attached hydrogens (tertiary/aromatic N) is 1. The summed E-state index contributed by atoms with van der Waals surface area (Å²) in [6.45, 7) is 0. The van der Waals surface area contributed by atoms with Crippen molar-refractivity contribution in [2.24, 2.45) is 0 Å². The van der Waals surface area contributed by atoms with Gasteiger partial charge in [0, 0.05) is 42.5 Å². The summed E-state index contributed by atoms with van der Waals surface area (Å²) < 4.78 is 2.61. The highest BCUT2D eigenvalue weighted by Gasteiger charge is 2.25. The van der Waals surface area contributed by atoms with E-state index >= 15 is 0 Å². The Labute approximate surface area is 400 Å². The summed E-state index contributed by atoms with van der Waals surface area (Å²) in [5.74, 6) is 0. The van der Waals surface area contributed by atoms with E-state index in [0.717, 1.165) is 22.6 Å². The highest BCUT2D eigenvalue weighted by atomic mass is 32.1. The molecule has 0 saturated carbocycles. The molecule has 13 aromatic rings. The summed E-state index contributed by atoms with van der Waals surface area (Å²) in [5, 5.41) is 9.92. The fraction of sp³-hybridized carbons (Fsp3) is 0. The predicted octanol–water partition coefficient (Wildman–Crippen LogP) is 19.3.